The Bertz CT molecular complexity index is 402. The van der Waals surface area contributed by atoms with Crippen molar-refractivity contribution in [3.63, 3.8) is 0 Å². The number of anilines is 1. The van der Waals surface area contributed by atoms with Gasteiger partial charge in [0.2, 0.25) is 0 Å². The third-order valence-corrected chi connectivity index (χ3v) is 3.99. The Morgan fingerprint density at radius 1 is 1.05 bits per heavy atom. The first kappa shape index (κ1) is 17.0. The van der Waals surface area contributed by atoms with E-state index in [9.17, 15) is 0 Å². The van der Waals surface area contributed by atoms with Crippen molar-refractivity contribution in [2.24, 2.45) is 5.41 Å². The van der Waals surface area contributed by atoms with Crippen LogP contribution in [0.15, 0.2) is 24.3 Å². The summed E-state index contributed by atoms with van der Waals surface area (Å²) >= 11 is 0. The third-order valence-electron chi connectivity index (χ3n) is 3.99. The highest BCUT2D eigenvalue weighted by Gasteiger charge is 2.26. The Labute approximate surface area is 125 Å². The Hall–Kier alpha value is -1.02. The van der Waals surface area contributed by atoms with Crippen molar-refractivity contribution in [1.29, 1.82) is 0 Å². The van der Waals surface area contributed by atoms with Crippen LogP contribution in [0.25, 0.3) is 0 Å². The monoisotopic (exact) mass is 276 g/mol. The maximum Gasteiger partial charge on any atom is 0.0363 e. The first-order chi connectivity index (χ1) is 9.15. The van der Waals surface area contributed by atoms with Gasteiger partial charge in [-0.3, -0.25) is 0 Å². The molecule has 1 unspecified atom stereocenters. The lowest BCUT2D eigenvalue weighted by atomic mass is 9.86. The van der Waals surface area contributed by atoms with Gasteiger partial charge < -0.3 is 10.2 Å². The van der Waals surface area contributed by atoms with E-state index in [0.29, 0.717) is 0 Å². The molecule has 0 aliphatic rings. The third kappa shape index (κ3) is 5.54. The number of hydrogen-bond acceptors (Lipinski definition) is 2. The van der Waals surface area contributed by atoms with Crippen LogP contribution in [0.1, 0.15) is 46.6 Å². The van der Waals surface area contributed by atoms with Crippen LogP contribution in [0.2, 0.25) is 0 Å². The lowest BCUT2D eigenvalue weighted by molar-refractivity contribution is 0.262. The SMILES string of the molecule is CCC(C)(CNC(C)(C)C)CN(C)c1ccc(C)cc1. The van der Waals surface area contributed by atoms with E-state index in [0.717, 1.165) is 13.1 Å². The molecule has 20 heavy (non-hydrogen) atoms. The molecule has 114 valence electrons. The maximum atomic E-state index is 3.65. The van der Waals surface area contributed by atoms with Gasteiger partial charge in [0.15, 0.2) is 0 Å². The average molecular weight is 276 g/mol. The summed E-state index contributed by atoms with van der Waals surface area (Å²) in [6, 6.07) is 8.79. The van der Waals surface area contributed by atoms with Crippen LogP contribution in [-0.2, 0) is 0 Å². The molecule has 0 fully saturated rings. The maximum absolute atomic E-state index is 3.65. The van der Waals surface area contributed by atoms with Gasteiger partial charge >= 0.3 is 0 Å². The highest BCUT2D eigenvalue weighted by molar-refractivity contribution is 5.46. The number of hydrogen-bond donors (Lipinski definition) is 1. The fraction of sp³-hybridized carbons (Fsp3) is 0.667. The van der Waals surface area contributed by atoms with E-state index in [2.05, 4.69) is 83.1 Å². The van der Waals surface area contributed by atoms with Gasteiger partial charge in [0, 0.05) is 31.4 Å². The van der Waals surface area contributed by atoms with E-state index < -0.39 is 0 Å². The molecule has 2 heteroatoms. The summed E-state index contributed by atoms with van der Waals surface area (Å²) in [6.45, 7) is 15.6. The molecule has 0 aliphatic heterocycles. The number of nitrogens with zero attached hydrogens (tertiary/aromatic N) is 1. The summed E-state index contributed by atoms with van der Waals surface area (Å²) in [5.74, 6) is 0. The molecule has 0 amide bonds. The molecule has 1 aromatic carbocycles. The van der Waals surface area contributed by atoms with Crippen molar-refractivity contribution in [3.8, 4) is 0 Å². The first-order valence-corrected chi connectivity index (χ1v) is 7.68. The van der Waals surface area contributed by atoms with E-state index in [1.807, 2.05) is 0 Å². The zero-order valence-corrected chi connectivity index (χ0v) is 14.4. The fourth-order valence-corrected chi connectivity index (χ4v) is 2.23. The molecule has 2 nitrogen and oxygen atoms in total. The van der Waals surface area contributed by atoms with Crippen molar-refractivity contribution < 1.29 is 0 Å². The van der Waals surface area contributed by atoms with Crippen LogP contribution in [0.5, 0.6) is 0 Å². The summed E-state index contributed by atoms with van der Waals surface area (Å²) in [5.41, 5.74) is 3.08. The van der Waals surface area contributed by atoms with Gasteiger partial charge in [-0.2, -0.15) is 0 Å². The summed E-state index contributed by atoms with van der Waals surface area (Å²) in [7, 11) is 2.19. The van der Waals surface area contributed by atoms with Gasteiger partial charge in [0.05, 0.1) is 0 Å². The number of nitrogens with one attached hydrogen (secondary N) is 1. The van der Waals surface area contributed by atoms with Crippen molar-refractivity contribution in [2.45, 2.75) is 53.5 Å². The predicted molar refractivity (Wildman–Crippen MR) is 90.6 cm³/mol. The quantitative estimate of drug-likeness (QED) is 0.836. The molecule has 1 N–H and O–H groups in total. The lowest BCUT2D eigenvalue weighted by Crippen LogP contribution is -2.46. The molecule has 0 radical (unpaired) electrons. The van der Waals surface area contributed by atoms with Gasteiger partial charge in [-0.1, -0.05) is 31.5 Å². The zero-order chi connectivity index (χ0) is 15.4. The molecule has 0 saturated heterocycles. The molecule has 0 saturated carbocycles. The fourth-order valence-electron chi connectivity index (χ4n) is 2.23. The molecule has 0 heterocycles. The molecule has 1 atom stereocenters. The van der Waals surface area contributed by atoms with Crippen LogP contribution < -0.4 is 10.2 Å². The van der Waals surface area contributed by atoms with Crippen LogP contribution >= 0.6 is 0 Å². The first-order valence-electron chi connectivity index (χ1n) is 7.68. The Morgan fingerprint density at radius 2 is 1.60 bits per heavy atom. The van der Waals surface area contributed by atoms with Crippen LogP contribution in [0, 0.1) is 12.3 Å². The highest BCUT2D eigenvalue weighted by Crippen LogP contribution is 2.25. The minimum Gasteiger partial charge on any atom is -0.374 e. The molecular formula is C18H32N2. The van der Waals surface area contributed by atoms with Gasteiger partial charge in [0.25, 0.3) is 0 Å². The van der Waals surface area contributed by atoms with Crippen molar-refractivity contribution in [2.75, 3.05) is 25.0 Å². The average Bonchev–Trinajstić information content (AvgIpc) is 2.36. The second-order valence-electron chi connectivity index (χ2n) is 7.46. The van der Waals surface area contributed by atoms with E-state index in [-0.39, 0.29) is 11.0 Å². The standard InChI is InChI=1S/C18H32N2/c1-8-18(6,13-19-17(3,4)5)14-20(7)16-11-9-15(2)10-12-16/h9-12,19H,8,13-14H2,1-7H3. The molecular weight excluding hydrogens is 244 g/mol. The Morgan fingerprint density at radius 3 is 2.05 bits per heavy atom. The number of aryl methyl sites for hydroxylation is 1. The molecule has 1 rings (SSSR count). The molecule has 0 aliphatic carbocycles. The smallest absolute Gasteiger partial charge is 0.0363 e. The summed E-state index contributed by atoms with van der Waals surface area (Å²) < 4.78 is 0. The summed E-state index contributed by atoms with van der Waals surface area (Å²) in [5, 5.41) is 3.65. The molecule has 0 spiro atoms. The topological polar surface area (TPSA) is 15.3 Å². The largest absolute Gasteiger partial charge is 0.374 e. The number of benzene rings is 1. The minimum atomic E-state index is 0.179. The second kappa shape index (κ2) is 6.62. The number of rotatable bonds is 6. The van der Waals surface area contributed by atoms with Crippen LogP contribution in [0.3, 0.4) is 0 Å². The van der Waals surface area contributed by atoms with E-state index >= 15 is 0 Å². The lowest BCUT2D eigenvalue weighted by Gasteiger charge is -2.37. The van der Waals surface area contributed by atoms with Crippen molar-refractivity contribution >= 4 is 5.69 Å². The molecule has 1 aromatic rings. The highest BCUT2D eigenvalue weighted by atomic mass is 15.1. The summed E-state index contributed by atoms with van der Waals surface area (Å²) in [4.78, 5) is 2.37. The van der Waals surface area contributed by atoms with Gasteiger partial charge in [-0.05, 0) is 51.7 Å². The van der Waals surface area contributed by atoms with Crippen LogP contribution in [0.4, 0.5) is 5.69 Å². The Kier molecular flexibility index (Phi) is 5.64. The molecule has 0 bridgehead atoms. The van der Waals surface area contributed by atoms with Gasteiger partial charge in [-0.25, -0.2) is 0 Å². The molecule has 0 aromatic heterocycles. The Balaban J connectivity index is 2.68. The normalized spacial score (nSPS) is 14.9. The van der Waals surface area contributed by atoms with E-state index in [4.69, 9.17) is 0 Å². The predicted octanol–water partition coefficient (Wildman–Crippen LogP) is 4.24. The van der Waals surface area contributed by atoms with Gasteiger partial charge in [0.1, 0.15) is 0 Å². The second-order valence-corrected chi connectivity index (χ2v) is 7.46. The van der Waals surface area contributed by atoms with Crippen molar-refractivity contribution in [3.05, 3.63) is 29.8 Å². The van der Waals surface area contributed by atoms with Crippen LogP contribution in [-0.4, -0.2) is 25.7 Å². The van der Waals surface area contributed by atoms with E-state index in [1.54, 1.807) is 0 Å². The minimum absolute atomic E-state index is 0.179. The van der Waals surface area contributed by atoms with E-state index in [1.165, 1.54) is 17.7 Å². The van der Waals surface area contributed by atoms with Crippen molar-refractivity contribution in [1.82, 2.24) is 5.32 Å². The zero-order valence-electron chi connectivity index (χ0n) is 14.4. The van der Waals surface area contributed by atoms with Gasteiger partial charge in [-0.15, -0.1) is 0 Å². The summed E-state index contributed by atoms with van der Waals surface area (Å²) in [6.07, 6.45) is 1.17.